The molecule has 3 aromatic rings. The van der Waals surface area contributed by atoms with Gasteiger partial charge in [-0.1, -0.05) is 46.4 Å². The van der Waals surface area contributed by atoms with E-state index in [1.54, 1.807) is 24.3 Å². The second kappa shape index (κ2) is 8.80. The van der Waals surface area contributed by atoms with Gasteiger partial charge in [0.2, 0.25) is 0 Å². The Kier molecular flexibility index (Phi) is 6.42. The number of aromatic nitrogens is 1. The summed E-state index contributed by atoms with van der Waals surface area (Å²) in [4.78, 5) is 28.7. The van der Waals surface area contributed by atoms with Gasteiger partial charge in [0.05, 0.1) is 27.0 Å². The van der Waals surface area contributed by atoms with Crippen LogP contribution in [0, 0.1) is 0 Å². The first-order valence-corrected chi connectivity index (χ1v) is 9.33. The van der Waals surface area contributed by atoms with Crippen molar-refractivity contribution in [1.82, 2.24) is 4.98 Å². The van der Waals surface area contributed by atoms with Crippen LogP contribution in [0.1, 0.15) is 20.8 Å². The molecule has 0 aliphatic heterocycles. The maximum Gasteiger partial charge on any atom is 0.274 e. The van der Waals surface area contributed by atoms with E-state index in [2.05, 4.69) is 15.6 Å². The van der Waals surface area contributed by atoms with E-state index >= 15 is 0 Å². The zero-order valence-corrected chi connectivity index (χ0v) is 17.0. The average Bonchev–Trinajstić information content (AvgIpc) is 2.67. The summed E-state index contributed by atoms with van der Waals surface area (Å²) in [6, 6.07) is 12.3. The van der Waals surface area contributed by atoms with Gasteiger partial charge in [-0.25, -0.2) is 0 Å². The Morgan fingerprint density at radius 3 is 1.75 bits per heavy atom. The third kappa shape index (κ3) is 4.94. The fourth-order valence-electron chi connectivity index (χ4n) is 2.23. The highest BCUT2D eigenvalue weighted by molar-refractivity contribution is 6.36. The molecule has 142 valence electrons. The summed E-state index contributed by atoms with van der Waals surface area (Å²) in [6.45, 7) is 0. The van der Waals surface area contributed by atoms with Crippen LogP contribution in [0.3, 0.4) is 0 Å². The molecule has 2 amide bonds. The van der Waals surface area contributed by atoms with Gasteiger partial charge in [-0.2, -0.15) is 0 Å². The standard InChI is InChI=1S/C19H11Cl4N3O2/c20-11-2-4-13(22)16(7-11)25-18(27)10-1-6-15(24-9-10)19(28)26-17-8-12(21)3-5-14(17)23/h1-9H,(H,25,27)(H,26,28). The van der Waals surface area contributed by atoms with Gasteiger partial charge in [0.25, 0.3) is 11.8 Å². The number of benzene rings is 2. The highest BCUT2D eigenvalue weighted by Crippen LogP contribution is 2.27. The minimum atomic E-state index is -0.492. The van der Waals surface area contributed by atoms with Gasteiger partial charge in [0.1, 0.15) is 5.69 Å². The fourth-order valence-corrected chi connectivity index (χ4v) is 2.90. The van der Waals surface area contributed by atoms with Crippen molar-refractivity contribution in [2.75, 3.05) is 10.6 Å². The number of hydrogen-bond acceptors (Lipinski definition) is 3. The lowest BCUT2D eigenvalue weighted by Crippen LogP contribution is -2.16. The molecule has 0 saturated heterocycles. The molecule has 1 heterocycles. The number of nitrogens with one attached hydrogen (secondary N) is 2. The largest absolute Gasteiger partial charge is 0.321 e. The lowest BCUT2D eigenvalue weighted by Gasteiger charge is -2.09. The number of carbonyl (C=O) groups is 2. The fraction of sp³-hybridized carbons (Fsp3) is 0. The van der Waals surface area contributed by atoms with Crippen molar-refractivity contribution in [2.45, 2.75) is 0 Å². The van der Waals surface area contributed by atoms with Crippen LogP contribution in [-0.2, 0) is 0 Å². The van der Waals surface area contributed by atoms with Crippen LogP contribution in [-0.4, -0.2) is 16.8 Å². The first-order valence-electron chi connectivity index (χ1n) is 7.82. The smallest absolute Gasteiger partial charge is 0.274 e. The Morgan fingerprint density at radius 1 is 0.714 bits per heavy atom. The minimum Gasteiger partial charge on any atom is -0.321 e. The van der Waals surface area contributed by atoms with Crippen molar-refractivity contribution >= 4 is 69.6 Å². The highest BCUT2D eigenvalue weighted by Gasteiger charge is 2.13. The van der Waals surface area contributed by atoms with Gasteiger partial charge in [0.15, 0.2) is 0 Å². The van der Waals surface area contributed by atoms with Gasteiger partial charge in [0, 0.05) is 16.2 Å². The van der Waals surface area contributed by atoms with Crippen molar-refractivity contribution in [2.24, 2.45) is 0 Å². The molecule has 0 aliphatic carbocycles. The first kappa shape index (κ1) is 20.4. The maximum atomic E-state index is 12.3. The van der Waals surface area contributed by atoms with Gasteiger partial charge >= 0.3 is 0 Å². The predicted octanol–water partition coefficient (Wildman–Crippen LogP) is 6.20. The van der Waals surface area contributed by atoms with Crippen molar-refractivity contribution in [1.29, 1.82) is 0 Å². The number of halogens is 4. The van der Waals surface area contributed by atoms with E-state index in [1.165, 1.54) is 30.5 Å². The molecule has 0 unspecified atom stereocenters. The third-order valence-corrected chi connectivity index (χ3v) is 4.74. The highest BCUT2D eigenvalue weighted by atomic mass is 35.5. The minimum absolute atomic E-state index is 0.105. The lowest BCUT2D eigenvalue weighted by atomic mass is 10.2. The number of nitrogens with zero attached hydrogens (tertiary/aromatic N) is 1. The van der Waals surface area contributed by atoms with Gasteiger partial charge in [-0.05, 0) is 48.5 Å². The number of carbonyl (C=O) groups excluding carboxylic acids is 2. The zero-order chi connectivity index (χ0) is 20.3. The van der Waals surface area contributed by atoms with Crippen LogP contribution < -0.4 is 10.6 Å². The van der Waals surface area contributed by atoms with E-state index in [0.29, 0.717) is 31.5 Å². The first-order chi connectivity index (χ1) is 13.3. The normalized spacial score (nSPS) is 10.4. The summed E-state index contributed by atoms with van der Waals surface area (Å²) < 4.78 is 0. The van der Waals surface area contributed by atoms with Crippen LogP contribution in [0.4, 0.5) is 11.4 Å². The molecule has 2 N–H and O–H groups in total. The van der Waals surface area contributed by atoms with Gasteiger partial charge in [-0.3, -0.25) is 14.6 Å². The Bertz CT molecular complexity index is 971. The molecule has 2 aromatic carbocycles. The van der Waals surface area contributed by atoms with Crippen LogP contribution in [0.25, 0.3) is 0 Å². The van der Waals surface area contributed by atoms with E-state index in [1.807, 2.05) is 0 Å². The summed E-state index contributed by atoms with van der Waals surface area (Å²) in [5.41, 5.74) is 1.08. The van der Waals surface area contributed by atoms with Crippen LogP contribution in [0.5, 0.6) is 0 Å². The Balaban J connectivity index is 1.72. The van der Waals surface area contributed by atoms with E-state index < -0.39 is 11.8 Å². The molecule has 0 spiro atoms. The summed E-state index contributed by atoms with van der Waals surface area (Å²) in [5.74, 6) is -0.935. The summed E-state index contributed by atoms with van der Waals surface area (Å²) in [7, 11) is 0. The Hall–Kier alpha value is -2.31. The maximum absolute atomic E-state index is 12.3. The van der Waals surface area contributed by atoms with Crippen LogP contribution in [0.15, 0.2) is 54.7 Å². The molecule has 0 saturated carbocycles. The monoisotopic (exact) mass is 453 g/mol. The van der Waals surface area contributed by atoms with Crippen molar-refractivity contribution in [3.05, 3.63) is 86.1 Å². The van der Waals surface area contributed by atoms with Crippen LogP contribution in [0.2, 0.25) is 20.1 Å². The number of amides is 2. The lowest BCUT2D eigenvalue weighted by molar-refractivity contribution is 0.101. The number of anilines is 2. The summed E-state index contributed by atoms with van der Waals surface area (Å²) in [5, 5.41) is 6.81. The van der Waals surface area contributed by atoms with E-state index in [9.17, 15) is 9.59 Å². The van der Waals surface area contributed by atoms with Crippen LogP contribution >= 0.6 is 46.4 Å². The molecule has 0 atom stereocenters. The molecular weight excluding hydrogens is 444 g/mol. The van der Waals surface area contributed by atoms with Crippen molar-refractivity contribution in [3.8, 4) is 0 Å². The van der Waals surface area contributed by atoms with E-state index in [0.717, 1.165) is 0 Å². The molecular formula is C19H11Cl4N3O2. The molecule has 0 bridgehead atoms. The Morgan fingerprint density at radius 2 is 1.25 bits per heavy atom. The zero-order valence-electron chi connectivity index (χ0n) is 14.0. The number of hydrogen-bond donors (Lipinski definition) is 2. The molecule has 28 heavy (non-hydrogen) atoms. The number of pyridine rings is 1. The molecule has 0 radical (unpaired) electrons. The number of rotatable bonds is 4. The summed E-state index contributed by atoms with van der Waals surface area (Å²) in [6.07, 6.45) is 1.28. The molecule has 1 aromatic heterocycles. The van der Waals surface area contributed by atoms with E-state index in [4.69, 9.17) is 46.4 Å². The molecule has 5 nitrogen and oxygen atoms in total. The molecule has 0 fully saturated rings. The second-order valence-electron chi connectivity index (χ2n) is 5.59. The molecule has 9 heteroatoms. The topological polar surface area (TPSA) is 71.1 Å². The average molecular weight is 455 g/mol. The van der Waals surface area contributed by atoms with Crippen molar-refractivity contribution in [3.63, 3.8) is 0 Å². The molecule has 0 aliphatic rings. The molecule has 3 rings (SSSR count). The Labute approximate surface area is 180 Å². The quantitative estimate of drug-likeness (QED) is 0.492. The van der Waals surface area contributed by atoms with E-state index in [-0.39, 0.29) is 11.3 Å². The second-order valence-corrected chi connectivity index (χ2v) is 7.28. The SMILES string of the molecule is O=C(Nc1cc(Cl)ccc1Cl)c1ccc(C(=O)Nc2cc(Cl)ccc2Cl)nc1. The third-order valence-electron chi connectivity index (χ3n) is 3.61. The van der Waals surface area contributed by atoms with Gasteiger partial charge in [-0.15, -0.1) is 0 Å². The van der Waals surface area contributed by atoms with Gasteiger partial charge < -0.3 is 10.6 Å². The van der Waals surface area contributed by atoms with Crippen molar-refractivity contribution < 1.29 is 9.59 Å². The predicted molar refractivity (Wildman–Crippen MR) is 113 cm³/mol. The summed E-state index contributed by atoms with van der Waals surface area (Å²) >= 11 is 23.9.